The van der Waals surface area contributed by atoms with E-state index in [1.165, 1.54) is 0 Å². The Morgan fingerprint density at radius 2 is 1.83 bits per heavy atom. The SMILES string of the molecule is [2H]c1nn(C(C([2H])([2H])[2H])(C([2H])([2H])[2H])C([2H])([2H])[2H])c([2H])c1B1OC(C)(C)C(C)(C)O1. The summed E-state index contributed by atoms with van der Waals surface area (Å²) in [4.78, 5) is 0. The van der Waals surface area contributed by atoms with Crippen molar-refractivity contribution in [3.63, 3.8) is 0 Å². The van der Waals surface area contributed by atoms with Crippen molar-refractivity contribution in [3.05, 3.63) is 12.3 Å². The standard InChI is InChI=1S/C13H23BN2O2/c1-11(2,3)16-9-10(8-15-16)14-17-12(4,5)13(6,7)18-14/h8-9H,1-7H3/i1D3,2D3,3D3,8D,9D. The summed E-state index contributed by atoms with van der Waals surface area (Å²) in [6.45, 7) is -3.98. The van der Waals surface area contributed by atoms with Gasteiger partial charge in [-0.3, -0.25) is 4.68 Å². The Labute approximate surface area is 125 Å². The molecule has 1 saturated heterocycles. The zero-order valence-corrected chi connectivity index (χ0v) is 10.8. The molecule has 0 radical (unpaired) electrons. The Kier molecular flexibility index (Phi) is 1.13. The topological polar surface area (TPSA) is 36.3 Å². The number of nitrogens with zero attached hydrogens (tertiary/aromatic N) is 2. The van der Waals surface area contributed by atoms with E-state index in [0.29, 0.717) is 0 Å². The fourth-order valence-electron chi connectivity index (χ4n) is 1.49. The van der Waals surface area contributed by atoms with Crippen LogP contribution < -0.4 is 5.46 Å². The highest BCUT2D eigenvalue weighted by Crippen LogP contribution is 2.36. The average molecular weight is 261 g/mol. The van der Waals surface area contributed by atoms with E-state index in [4.69, 9.17) is 24.4 Å². The first kappa shape index (κ1) is 5.29. The van der Waals surface area contributed by atoms with Crippen LogP contribution in [-0.4, -0.2) is 28.1 Å². The quantitative estimate of drug-likeness (QED) is 0.725. The molecule has 18 heavy (non-hydrogen) atoms. The molecule has 0 spiro atoms. The molecule has 1 aromatic rings. The van der Waals surface area contributed by atoms with Gasteiger partial charge in [0.2, 0.25) is 0 Å². The van der Waals surface area contributed by atoms with Crippen LogP contribution >= 0.6 is 0 Å². The molecule has 0 aromatic carbocycles. The first-order valence-electron chi connectivity index (χ1n) is 11.0. The Morgan fingerprint density at radius 3 is 2.33 bits per heavy atom. The Hall–Kier alpha value is -0.805. The van der Waals surface area contributed by atoms with E-state index in [-0.39, 0.29) is 10.1 Å². The molecule has 1 fully saturated rings. The largest absolute Gasteiger partial charge is 0.498 e. The molecule has 0 bridgehead atoms. The number of rotatable bonds is 1. The monoisotopic (exact) mass is 261 g/mol. The lowest BCUT2D eigenvalue weighted by atomic mass is 9.82. The van der Waals surface area contributed by atoms with Crippen molar-refractivity contribution >= 4 is 12.6 Å². The van der Waals surface area contributed by atoms with Crippen LogP contribution in [0.25, 0.3) is 0 Å². The van der Waals surface area contributed by atoms with Crippen LogP contribution in [-0.2, 0) is 14.8 Å². The van der Waals surface area contributed by atoms with Gasteiger partial charge in [0.15, 0.2) is 0 Å². The predicted octanol–water partition coefficient (Wildman–Crippen LogP) is 1.94. The summed E-state index contributed by atoms with van der Waals surface area (Å²) in [6, 6.07) is 0. The van der Waals surface area contributed by atoms with E-state index in [1.54, 1.807) is 27.7 Å². The van der Waals surface area contributed by atoms with Gasteiger partial charge >= 0.3 is 7.12 Å². The summed E-state index contributed by atoms with van der Waals surface area (Å²) in [5.41, 5.74) is -5.62. The van der Waals surface area contributed by atoms with E-state index < -0.39 is 56.8 Å². The maximum absolute atomic E-state index is 8.36. The molecule has 5 heteroatoms. The van der Waals surface area contributed by atoms with Gasteiger partial charge in [-0.15, -0.1) is 0 Å². The molecule has 1 aliphatic heterocycles. The van der Waals surface area contributed by atoms with Gasteiger partial charge in [-0.05, 0) is 48.3 Å². The minimum atomic E-state index is -3.61. The summed E-state index contributed by atoms with van der Waals surface area (Å²) < 4.78 is 97.7. The molecule has 0 unspecified atom stereocenters. The Bertz CT molecular complexity index is 742. The maximum Gasteiger partial charge on any atom is 0.498 e. The van der Waals surface area contributed by atoms with Gasteiger partial charge < -0.3 is 9.31 Å². The molecule has 0 amide bonds. The maximum atomic E-state index is 8.36. The molecular weight excluding hydrogens is 227 g/mol. The normalized spacial score (nSPS) is 33.6. The van der Waals surface area contributed by atoms with E-state index in [2.05, 4.69) is 5.10 Å². The molecule has 0 saturated carbocycles. The smallest absolute Gasteiger partial charge is 0.399 e. The lowest BCUT2D eigenvalue weighted by molar-refractivity contribution is 0.00578. The summed E-state index contributed by atoms with van der Waals surface area (Å²) in [7, 11) is -1.32. The van der Waals surface area contributed by atoms with E-state index in [0.717, 1.165) is 0 Å². The molecule has 2 heterocycles. The first-order valence-corrected chi connectivity index (χ1v) is 5.54. The van der Waals surface area contributed by atoms with Crippen molar-refractivity contribution < 1.29 is 24.4 Å². The summed E-state index contributed by atoms with van der Waals surface area (Å²) in [5.74, 6) is 0. The molecule has 0 atom stereocenters. The zero-order chi connectivity index (χ0) is 23.0. The third-order valence-corrected chi connectivity index (χ3v) is 3.30. The number of hydrogen-bond donors (Lipinski definition) is 0. The van der Waals surface area contributed by atoms with Crippen LogP contribution in [0.5, 0.6) is 0 Å². The van der Waals surface area contributed by atoms with Crippen molar-refractivity contribution in [1.82, 2.24) is 9.78 Å². The molecule has 2 rings (SSSR count). The highest BCUT2D eigenvalue weighted by Gasteiger charge is 2.52. The average Bonchev–Trinajstić information content (AvgIpc) is 2.78. The molecule has 0 N–H and O–H groups in total. The highest BCUT2D eigenvalue weighted by atomic mass is 16.7. The van der Waals surface area contributed by atoms with Gasteiger partial charge in [0, 0.05) is 30.1 Å². The summed E-state index contributed by atoms with van der Waals surface area (Å²) in [6.07, 6.45) is -1.58. The molecule has 0 aliphatic carbocycles. The van der Waals surface area contributed by atoms with Gasteiger partial charge in [0.25, 0.3) is 0 Å². The second-order valence-corrected chi connectivity index (χ2v) is 5.35. The third-order valence-electron chi connectivity index (χ3n) is 3.30. The molecular formula is C13H23BN2O2. The lowest BCUT2D eigenvalue weighted by Gasteiger charge is -2.32. The third kappa shape index (κ3) is 2.21. The second-order valence-electron chi connectivity index (χ2n) is 5.35. The van der Waals surface area contributed by atoms with Gasteiger partial charge in [0.1, 0.15) is 0 Å². The minimum Gasteiger partial charge on any atom is -0.399 e. The summed E-state index contributed by atoms with van der Waals surface area (Å²) >= 11 is 0. The Morgan fingerprint density at radius 1 is 1.28 bits per heavy atom. The van der Waals surface area contributed by atoms with E-state index >= 15 is 0 Å². The lowest BCUT2D eigenvalue weighted by Crippen LogP contribution is -2.41. The highest BCUT2D eigenvalue weighted by molar-refractivity contribution is 6.62. The van der Waals surface area contributed by atoms with Gasteiger partial charge in [0.05, 0.1) is 19.5 Å². The van der Waals surface area contributed by atoms with Crippen LogP contribution in [0.2, 0.25) is 0 Å². The Balaban J connectivity index is 2.81. The second kappa shape index (κ2) is 3.84. The summed E-state index contributed by atoms with van der Waals surface area (Å²) in [5, 5.41) is 3.58. The molecule has 100 valence electrons. The minimum absolute atomic E-state index is 0.0999. The van der Waals surface area contributed by atoms with E-state index in [9.17, 15) is 0 Å². The fraction of sp³-hybridized carbons (Fsp3) is 0.769. The van der Waals surface area contributed by atoms with Crippen LogP contribution in [0.4, 0.5) is 0 Å². The van der Waals surface area contributed by atoms with Crippen molar-refractivity contribution in [3.8, 4) is 0 Å². The van der Waals surface area contributed by atoms with Crippen LogP contribution in [0, 0.1) is 0 Å². The number of aromatic nitrogens is 2. The van der Waals surface area contributed by atoms with Gasteiger partial charge in [-0.25, -0.2) is 0 Å². The van der Waals surface area contributed by atoms with Crippen molar-refractivity contribution in [2.75, 3.05) is 0 Å². The molecule has 1 aromatic heterocycles. The number of hydrogen-bond acceptors (Lipinski definition) is 3. The van der Waals surface area contributed by atoms with Crippen molar-refractivity contribution in [1.29, 1.82) is 0 Å². The van der Waals surface area contributed by atoms with Gasteiger partial charge in [-0.2, -0.15) is 5.10 Å². The molecule has 1 aliphatic rings. The van der Waals surface area contributed by atoms with Crippen LogP contribution in [0.3, 0.4) is 0 Å². The predicted molar refractivity (Wildman–Crippen MR) is 72.9 cm³/mol. The molecule has 4 nitrogen and oxygen atoms in total. The van der Waals surface area contributed by atoms with Crippen molar-refractivity contribution in [2.45, 2.75) is 65.0 Å². The van der Waals surface area contributed by atoms with Gasteiger partial charge in [-0.1, -0.05) is 0 Å². The van der Waals surface area contributed by atoms with Crippen LogP contribution in [0.15, 0.2) is 12.3 Å². The van der Waals surface area contributed by atoms with E-state index in [1.807, 2.05) is 0 Å². The first-order chi connectivity index (χ1) is 12.6. The zero-order valence-electron chi connectivity index (χ0n) is 21.8. The van der Waals surface area contributed by atoms with Crippen molar-refractivity contribution in [2.24, 2.45) is 0 Å². The fourth-order valence-corrected chi connectivity index (χ4v) is 1.49. The van der Waals surface area contributed by atoms with Crippen LogP contribution in [0.1, 0.15) is 63.3 Å².